The smallest absolute Gasteiger partial charge is 0.240 e. The van der Waals surface area contributed by atoms with Crippen molar-refractivity contribution in [2.24, 2.45) is 5.92 Å². The molecule has 39 heavy (non-hydrogen) atoms. The van der Waals surface area contributed by atoms with Gasteiger partial charge in [0.1, 0.15) is 12.4 Å². The highest BCUT2D eigenvalue weighted by Gasteiger charge is 2.27. The van der Waals surface area contributed by atoms with Crippen molar-refractivity contribution in [2.75, 3.05) is 46.9 Å². The van der Waals surface area contributed by atoms with Gasteiger partial charge in [-0.3, -0.25) is 14.4 Å². The van der Waals surface area contributed by atoms with E-state index >= 15 is 0 Å². The molecule has 0 saturated carbocycles. The summed E-state index contributed by atoms with van der Waals surface area (Å²) in [5.41, 5.74) is 2.23. The van der Waals surface area contributed by atoms with Crippen LogP contribution >= 0.6 is 0 Å². The van der Waals surface area contributed by atoms with Crippen LogP contribution in [0.15, 0.2) is 67.0 Å². The molecule has 1 heterocycles. The SMILES string of the molecule is C=C/C1=C(\C=C)OCCNC(C(C)CC)C(=O)N(C)CC(=O)NCC(=O)NCCC1.CO.Cc1ccccc1. The summed E-state index contributed by atoms with van der Waals surface area (Å²) in [7, 11) is 2.59. The monoisotopic (exact) mass is 544 g/mol. The van der Waals surface area contributed by atoms with E-state index in [0.29, 0.717) is 38.3 Å². The Labute approximate surface area is 234 Å². The second-order valence-corrected chi connectivity index (χ2v) is 9.04. The minimum absolute atomic E-state index is 0.0811. The number of likely N-dealkylation sites (N-methyl/N-ethyl adjacent to an activating group) is 1. The number of nitrogens with zero attached hydrogens (tertiary/aromatic N) is 1. The molecule has 4 N–H and O–H groups in total. The third kappa shape index (κ3) is 14.9. The highest BCUT2D eigenvalue weighted by molar-refractivity contribution is 5.89. The normalized spacial score (nSPS) is 20.6. The molecule has 2 unspecified atom stereocenters. The molecule has 1 aromatic carbocycles. The van der Waals surface area contributed by atoms with Gasteiger partial charge in [-0.25, -0.2) is 0 Å². The van der Waals surface area contributed by atoms with Crippen molar-refractivity contribution in [1.82, 2.24) is 20.9 Å². The summed E-state index contributed by atoms with van der Waals surface area (Å²) in [6.45, 7) is 14.8. The van der Waals surface area contributed by atoms with E-state index in [9.17, 15) is 14.4 Å². The lowest BCUT2D eigenvalue weighted by molar-refractivity contribution is -0.137. The Morgan fingerprint density at radius 1 is 1.08 bits per heavy atom. The predicted octanol–water partition coefficient (Wildman–Crippen LogP) is 2.72. The molecule has 1 aliphatic rings. The second kappa shape index (κ2) is 21.5. The Hall–Kier alpha value is -3.43. The van der Waals surface area contributed by atoms with Crippen molar-refractivity contribution in [3.63, 3.8) is 0 Å². The van der Waals surface area contributed by atoms with Gasteiger partial charge in [0.2, 0.25) is 17.7 Å². The van der Waals surface area contributed by atoms with Crippen LogP contribution in [0.2, 0.25) is 0 Å². The first-order valence-electron chi connectivity index (χ1n) is 13.3. The molecule has 1 aliphatic heterocycles. The highest BCUT2D eigenvalue weighted by atomic mass is 16.5. The molecule has 0 radical (unpaired) electrons. The van der Waals surface area contributed by atoms with Crippen LogP contribution in [-0.4, -0.2) is 80.7 Å². The summed E-state index contributed by atoms with van der Waals surface area (Å²) in [6.07, 6.45) is 5.56. The quantitative estimate of drug-likeness (QED) is 0.463. The van der Waals surface area contributed by atoms with Crippen molar-refractivity contribution in [1.29, 1.82) is 0 Å². The number of benzene rings is 1. The molecule has 9 heteroatoms. The molecule has 0 bridgehead atoms. The van der Waals surface area contributed by atoms with Gasteiger partial charge in [-0.15, -0.1) is 0 Å². The van der Waals surface area contributed by atoms with Crippen LogP contribution in [0.3, 0.4) is 0 Å². The summed E-state index contributed by atoms with van der Waals surface area (Å²) in [5, 5.41) is 15.6. The van der Waals surface area contributed by atoms with Gasteiger partial charge in [0.15, 0.2) is 0 Å². The fraction of sp³-hybridized carbons (Fsp3) is 0.500. The van der Waals surface area contributed by atoms with Crippen molar-refractivity contribution in [3.05, 3.63) is 72.5 Å². The van der Waals surface area contributed by atoms with Gasteiger partial charge in [-0.2, -0.15) is 0 Å². The Kier molecular flexibility index (Phi) is 19.6. The Morgan fingerprint density at radius 2 is 1.74 bits per heavy atom. The largest absolute Gasteiger partial charge is 0.492 e. The molecule has 2 atom stereocenters. The Balaban J connectivity index is 0.00000136. The number of rotatable bonds is 4. The van der Waals surface area contributed by atoms with E-state index in [1.807, 2.05) is 32.0 Å². The third-order valence-electron chi connectivity index (χ3n) is 6.04. The molecule has 0 saturated heterocycles. The lowest BCUT2D eigenvalue weighted by atomic mass is 9.98. The molecule has 9 nitrogen and oxygen atoms in total. The van der Waals surface area contributed by atoms with Gasteiger partial charge in [0.05, 0.1) is 19.1 Å². The first-order chi connectivity index (χ1) is 18.7. The van der Waals surface area contributed by atoms with E-state index in [4.69, 9.17) is 9.84 Å². The molecule has 218 valence electrons. The maximum absolute atomic E-state index is 12.9. The number of aryl methyl sites for hydroxylation is 1. The van der Waals surface area contributed by atoms with Crippen LogP contribution < -0.4 is 16.0 Å². The zero-order valence-electron chi connectivity index (χ0n) is 24.3. The minimum Gasteiger partial charge on any atom is -0.492 e. The topological polar surface area (TPSA) is 120 Å². The number of carbonyl (C=O) groups excluding carboxylic acids is 3. The number of hydrogen-bond donors (Lipinski definition) is 4. The van der Waals surface area contributed by atoms with Crippen LogP contribution in [0.1, 0.15) is 38.7 Å². The molecule has 1 aromatic rings. The third-order valence-corrected chi connectivity index (χ3v) is 6.04. The summed E-state index contributed by atoms with van der Waals surface area (Å²) in [6, 6.07) is 9.83. The first-order valence-corrected chi connectivity index (χ1v) is 13.3. The number of allylic oxidation sites excluding steroid dienone is 3. The van der Waals surface area contributed by atoms with E-state index in [2.05, 4.69) is 48.2 Å². The highest BCUT2D eigenvalue weighted by Crippen LogP contribution is 2.15. The average Bonchev–Trinajstić information content (AvgIpc) is 2.95. The van der Waals surface area contributed by atoms with Crippen molar-refractivity contribution in [2.45, 2.75) is 46.1 Å². The Bertz CT molecular complexity index is 917. The van der Waals surface area contributed by atoms with E-state index in [-0.39, 0.29) is 36.7 Å². The number of nitrogens with one attached hydrogen (secondary N) is 3. The second-order valence-electron chi connectivity index (χ2n) is 9.04. The van der Waals surface area contributed by atoms with Crippen LogP contribution in [0.4, 0.5) is 0 Å². The number of aliphatic hydroxyl groups excluding tert-OH is 1. The maximum atomic E-state index is 12.9. The lowest BCUT2D eigenvalue weighted by Gasteiger charge is -2.28. The van der Waals surface area contributed by atoms with Gasteiger partial charge < -0.3 is 30.7 Å². The number of hydrogen-bond acceptors (Lipinski definition) is 6. The number of amides is 3. The summed E-state index contributed by atoms with van der Waals surface area (Å²) >= 11 is 0. The summed E-state index contributed by atoms with van der Waals surface area (Å²) in [4.78, 5) is 38.3. The molecule has 0 aromatic heterocycles. The Morgan fingerprint density at radius 3 is 2.28 bits per heavy atom. The van der Waals surface area contributed by atoms with Gasteiger partial charge in [-0.1, -0.05) is 75.4 Å². The van der Waals surface area contributed by atoms with Gasteiger partial charge >= 0.3 is 0 Å². The number of ether oxygens (including phenoxy) is 1. The van der Waals surface area contributed by atoms with Crippen molar-refractivity contribution < 1.29 is 24.2 Å². The molecule has 2 rings (SSSR count). The molecular formula is C30H48N4O5. The molecule has 0 spiro atoms. The van der Waals surface area contributed by atoms with E-state index in [1.165, 1.54) is 10.5 Å². The lowest BCUT2D eigenvalue weighted by Crippen LogP contribution is -2.51. The zero-order chi connectivity index (χ0) is 29.6. The standard InChI is InChI=1S/C22H36N4O4.C7H8.CH4O/c1-6-16(4)21-22(29)26(5)15-20(28)25-14-19(27)23-11-9-10-17(7-2)18(8-3)30-13-12-24-21;1-7-5-3-2-4-6-7;1-2/h7-8,16,21,24H,2-3,6,9-15H2,1,4-5H3,(H,23,27)(H,25,28);2-6H,1H3;2H,1H3/b18-17-;;. The van der Waals surface area contributed by atoms with Crippen LogP contribution in [0.5, 0.6) is 0 Å². The number of carbonyl (C=O) groups is 3. The average molecular weight is 545 g/mol. The fourth-order valence-electron chi connectivity index (χ4n) is 3.62. The van der Waals surface area contributed by atoms with E-state index in [1.54, 1.807) is 19.2 Å². The van der Waals surface area contributed by atoms with Crippen LogP contribution in [0.25, 0.3) is 0 Å². The molecule has 0 aliphatic carbocycles. The molecule has 3 amide bonds. The zero-order valence-corrected chi connectivity index (χ0v) is 24.3. The molecule has 0 fully saturated rings. The minimum atomic E-state index is -0.436. The summed E-state index contributed by atoms with van der Waals surface area (Å²) in [5.74, 6) is -0.0910. The van der Waals surface area contributed by atoms with Gasteiger partial charge in [-0.05, 0) is 37.3 Å². The maximum Gasteiger partial charge on any atom is 0.240 e. The molecular weight excluding hydrogens is 496 g/mol. The fourth-order valence-corrected chi connectivity index (χ4v) is 3.62. The van der Waals surface area contributed by atoms with Crippen molar-refractivity contribution in [3.8, 4) is 0 Å². The van der Waals surface area contributed by atoms with Crippen LogP contribution in [0, 0.1) is 12.8 Å². The van der Waals surface area contributed by atoms with E-state index < -0.39 is 6.04 Å². The summed E-state index contributed by atoms with van der Waals surface area (Å²) < 4.78 is 5.85. The van der Waals surface area contributed by atoms with Crippen LogP contribution in [-0.2, 0) is 19.1 Å². The number of aliphatic hydroxyl groups is 1. The van der Waals surface area contributed by atoms with Gasteiger partial charge in [0.25, 0.3) is 0 Å². The first kappa shape index (κ1) is 35.6. The van der Waals surface area contributed by atoms with Crippen molar-refractivity contribution >= 4 is 17.7 Å². The van der Waals surface area contributed by atoms with E-state index in [0.717, 1.165) is 19.1 Å². The predicted molar refractivity (Wildman–Crippen MR) is 157 cm³/mol. The van der Waals surface area contributed by atoms with Gasteiger partial charge in [0, 0.05) is 27.2 Å².